The van der Waals surface area contributed by atoms with E-state index in [2.05, 4.69) is 5.32 Å². The number of piperidine rings is 1. The van der Waals surface area contributed by atoms with Gasteiger partial charge in [-0.2, -0.15) is 0 Å². The Labute approximate surface area is 139 Å². The summed E-state index contributed by atoms with van der Waals surface area (Å²) in [5.74, 6) is -0.841. The second-order valence-corrected chi connectivity index (χ2v) is 6.02. The molecule has 1 N–H and O–H groups in total. The zero-order valence-electron chi connectivity index (χ0n) is 13.4. The molecule has 24 heavy (non-hydrogen) atoms. The van der Waals surface area contributed by atoms with Crippen LogP contribution in [0.4, 0.5) is 10.1 Å². The highest BCUT2D eigenvalue weighted by atomic mass is 19.1. The van der Waals surface area contributed by atoms with Gasteiger partial charge in [-0.25, -0.2) is 4.39 Å². The quantitative estimate of drug-likeness (QED) is 0.940. The van der Waals surface area contributed by atoms with Crippen LogP contribution in [0.1, 0.15) is 29.0 Å². The molecule has 2 amide bonds. The van der Waals surface area contributed by atoms with Crippen LogP contribution in [0.25, 0.3) is 0 Å². The summed E-state index contributed by atoms with van der Waals surface area (Å²) >= 11 is 0. The minimum absolute atomic E-state index is 0.194. The van der Waals surface area contributed by atoms with Gasteiger partial charge in [-0.15, -0.1) is 0 Å². The summed E-state index contributed by atoms with van der Waals surface area (Å²) in [6.07, 6.45) is 2.89. The summed E-state index contributed by atoms with van der Waals surface area (Å²) in [5.41, 5.74) is 1.26. The summed E-state index contributed by atoms with van der Waals surface area (Å²) in [7, 11) is 0. The molecule has 0 bridgehead atoms. The van der Waals surface area contributed by atoms with Crippen molar-refractivity contribution in [3.63, 3.8) is 0 Å². The number of halogens is 1. The van der Waals surface area contributed by atoms with Crippen molar-refractivity contribution >= 4 is 17.5 Å². The van der Waals surface area contributed by atoms with Gasteiger partial charge < -0.3 is 14.6 Å². The van der Waals surface area contributed by atoms with E-state index in [1.807, 2.05) is 6.92 Å². The predicted molar refractivity (Wildman–Crippen MR) is 87.1 cm³/mol. The summed E-state index contributed by atoms with van der Waals surface area (Å²) in [5, 5.41) is 2.77. The number of nitrogens with one attached hydrogen (secondary N) is 1. The molecule has 3 rings (SSSR count). The topological polar surface area (TPSA) is 62.6 Å². The molecule has 1 aliphatic rings. The maximum absolute atomic E-state index is 13.4. The van der Waals surface area contributed by atoms with Crippen LogP contribution < -0.4 is 5.32 Å². The monoisotopic (exact) mass is 330 g/mol. The smallest absolute Gasteiger partial charge is 0.289 e. The lowest BCUT2D eigenvalue weighted by molar-refractivity contribution is -0.121. The van der Waals surface area contributed by atoms with E-state index >= 15 is 0 Å². The van der Waals surface area contributed by atoms with Crippen LogP contribution in [0, 0.1) is 18.7 Å². The van der Waals surface area contributed by atoms with E-state index < -0.39 is 5.82 Å². The van der Waals surface area contributed by atoms with E-state index in [0.29, 0.717) is 25.2 Å². The summed E-state index contributed by atoms with van der Waals surface area (Å²) in [6, 6.07) is 7.56. The van der Waals surface area contributed by atoms with Crippen LogP contribution in [0.2, 0.25) is 0 Å². The number of anilines is 1. The minimum Gasteiger partial charge on any atom is -0.459 e. The van der Waals surface area contributed by atoms with E-state index in [9.17, 15) is 14.0 Å². The van der Waals surface area contributed by atoms with E-state index in [1.165, 1.54) is 18.4 Å². The van der Waals surface area contributed by atoms with Crippen LogP contribution in [0.3, 0.4) is 0 Å². The van der Waals surface area contributed by atoms with Crippen molar-refractivity contribution < 1.29 is 18.4 Å². The van der Waals surface area contributed by atoms with Gasteiger partial charge in [0.25, 0.3) is 5.91 Å². The first-order valence-electron chi connectivity index (χ1n) is 7.94. The van der Waals surface area contributed by atoms with E-state index in [0.717, 1.165) is 12.0 Å². The largest absolute Gasteiger partial charge is 0.459 e. The van der Waals surface area contributed by atoms with Gasteiger partial charge in [0.15, 0.2) is 5.76 Å². The SMILES string of the molecule is Cc1ccc(F)cc1NC(=O)[C@H]1CCCN(C(=O)c2ccco2)C1. The van der Waals surface area contributed by atoms with Gasteiger partial charge in [-0.3, -0.25) is 9.59 Å². The average molecular weight is 330 g/mol. The fourth-order valence-electron chi connectivity index (χ4n) is 2.90. The molecule has 6 heteroatoms. The van der Waals surface area contributed by atoms with Gasteiger partial charge in [0.1, 0.15) is 5.82 Å². The molecule has 0 aliphatic carbocycles. The standard InChI is InChI=1S/C18H19FN2O3/c1-12-6-7-14(19)10-15(12)20-17(22)13-4-2-8-21(11-13)18(23)16-5-3-9-24-16/h3,5-7,9-10,13H,2,4,8,11H2,1H3,(H,20,22)/t13-/m0/s1. The summed E-state index contributed by atoms with van der Waals surface area (Å²) < 4.78 is 18.5. The van der Waals surface area contributed by atoms with Crippen molar-refractivity contribution in [3.05, 3.63) is 53.7 Å². The first kappa shape index (κ1) is 16.2. The van der Waals surface area contributed by atoms with Crippen LogP contribution in [0.15, 0.2) is 41.0 Å². The number of hydrogen-bond acceptors (Lipinski definition) is 3. The number of rotatable bonds is 3. The molecule has 0 unspecified atom stereocenters. The van der Waals surface area contributed by atoms with Crippen molar-refractivity contribution in [2.24, 2.45) is 5.92 Å². The van der Waals surface area contributed by atoms with Gasteiger partial charge in [-0.1, -0.05) is 6.07 Å². The van der Waals surface area contributed by atoms with Crippen molar-refractivity contribution in [2.45, 2.75) is 19.8 Å². The lowest BCUT2D eigenvalue weighted by atomic mass is 9.96. The van der Waals surface area contributed by atoms with Gasteiger partial charge >= 0.3 is 0 Å². The minimum atomic E-state index is -0.394. The molecule has 2 heterocycles. The Morgan fingerprint density at radius 2 is 2.17 bits per heavy atom. The first-order chi connectivity index (χ1) is 11.5. The lowest BCUT2D eigenvalue weighted by Gasteiger charge is -2.31. The molecule has 5 nitrogen and oxygen atoms in total. The van der Waals surface area contributed by atoms with Crippen molar-refractivity contribution in [2.75, 3.05) is 18.4 Å². The molecule has 1 aliphatic heterocycles. The highest BCUT2D eigenvalue weighted by molar-refractivity contribution is 5.95. The number of likely N-dealkylation sites (tertiary alicyclic amines) is 1. The molecule has 1 aromatic heterocycles. The number of hydrogen-bond donors (Lipinski definition) is 1. The normalized spacial score (nSPS) is 17.6. The summed E-state index contributed by atoms with van der Waals surface area (Å²) in [6.45, 7) is 2.74. The molecule has 1 aromatic carbocycles. The molecule has 0 radical (unpaired) electrons. The molecule has 1 atom stereocenters. The summed E-state index contributed by atoms with van der Waals surface area (Å²) in [4.78, 5) is 26.5. The zero-order valence-corrected chi connectivity index (χ0v) is 13.4. The Kier molecular flexibility index (Phi) is 4.64. The molecule has 2 aromatic rings. The maximum atomic E-state index is 13.4. The fraction of sp³-hybridized carbons (Fsp3) is 0.333. The van der Waals surface area contributed by atoms with Gasteiger partial charge in [0, 0.05) is 18.8 Å². The Balaban J connectivity index is 1.67. The number of carbonyl (C=O) groups excluding carboxylic acids is 2. The number of furan rings is 1. The third-order valence-corrected chi connectivity index (χ3v) is 4.27. The Hall–Kier alpha value is -2.63. The van der Waals surface area contributed by atoms with E-state index in [4.69, 9.17) is 4.42 Å². The molecular weight excluding hydrogens is 311 g/mol. The molecular formula is C18H19FN2O3. The second kappa shape index (κ2) is 6.86. The number of nitrogens with zero attached hydrogens (tertiary/aromatic N) is 1. The highest BCUT2D eigenvalue weighted by Crippen LogP contribution is 2.22. The zero-order chi connectivity index (χ0) is 17.1. The van der Waals surface area contributed by atoms with Crippen molar-refractivity contribution in [1.29, 1.82) is 0 Å². The van der Waals surface area contributed by atoms with Gasteiger partial charge in [0.05, 0.1) is 12.2 Å². The van der Waals surface area contributed by atoms with Crippen LogP contribution in [0.5, 0.6) is 0 Å². The van der Waals surface area contributed by atoms with Crippen LogP contribution in [-0.2, 0) is 4.79 Å². The lowest BCUT2D eigenvalue weighted by Crippen LogP contribution is -2.43. The van der Waals surface area contributed by atoms with E-state index in [1.54, 1.807) is 23.1 Å². The van der Waals surface area contributed by atoms with Gasteiger partial charge in [0.2, 0.25) is 5.91 Å². The van der Waals surface area contributed by atoms with E-state index in [-0.39, 0.29) is 23.5 Å². The number of carbonyl (C=O) groups is 2. The van der Waals surface area contributed by atoms with Crippen molar-refractivity contribution in [1.82, 2.24) is 4.90 Å². The third kappa shape index (κ3) is 3.48. The Bertz CT molecular complexity index is 743. The molecule has 1 saturated heterocycles. The number of aryl methyl sites for hydroxylation is 1. The van der Waals surface area contributed by atoms with Crippen LogP contribution >= 0.6 is 0 Å². The first-order valence-corrected chi connectivity index (χ1v) is 7.94. The fourth-order valence-corrected chi connectivity index (χ4v) is 2.90. The number of benzene rings is 1. The second-order valence-electron chi connectivity index (χ2n) is 6.02. The predicted octanol–water partition coefficient (Wildman–Crippen LogP) is 3.22. The molecule has 0 spiro atoms. The Morgan fingerprint density at radius 3 is 2.92 bits per heavy atom. The maximum Gasteiger partial charge on any atom is 0.289 e. The van der Waals surface area contributed by atoms with Crippen molar-refractivity contribution in [3.8, 4) is 0 Å². The molecule has 0 saturated carbocycles. The van der Waals surface area contributed by atoms with Crippen LogP contribution in [-0.4, -0.2) is 29.8 Å². The van der Waals surface area contributed by atoms with Gasteiger partial charge in [-0.05, 0) is 49.6 Å². The third-order valence-electron chi connectivity index (χ3n) is 4.27. The Morgan fingerprint density at radius 1 is 1.33 bits per heavy atom. The number of amides is 2. The average Bonchev–Trinajstić information content (AvgIpc) is 3.12. The highest BCUT2D eigenvalue weighted by Gasteiger charge is 2.30. The molecule has 126 valence electrons. The molecule has 1 fully saturated rings.